The number of hydrogen-bond acceptors (Lipinski definition) is 0. The van der Waals surface area contributed by atoms with Gasteiger partial charge >= 0.3 is 0 Å². The topological polar surface area (TPSA) is 8.88 Å². The van der Waals surface area contributed by atoms with Gasteiger partial charge in [0.1, 0.15) is 0 Å². The van der Waals surface area contributed by atoms with Crippen LogP contribution >= 0.6 is 0 Å². The van der Waals surface area contributed by atoms with Crippen molar-refractivity contribution < 1.29 is 57.8 Å². The zero-order valence-electron chi connectivity index (χ0n) is 9.00. The van der Waals surface area contributed by atoms with Crippen molar-refractivity contribution in [2.75, 3.05) is 32.8 Å². The van der Waals surface area contributed by atoms with Crippen molar-refractivity contribution in [2.45, 2.75) is 20.3 Å². The minimum absolute atomic E-state index is 0. The third kappa shape index (κ3) is 2.08. The van der Waals surface area contributed by atoms with Crippen molar-refractivity contribution in [3.8, 4) is 0 Å². The van der Waals surface area contributed by atoms with E-state index in [4.69, 9.17) is 0 Å². The highest BCUT2D eigenvalue weighted by Crippen LogP contribution is 2.36. The molecule has 0 saturated carbocycles. The summed E-state index contributed by atoms with van der Waals surface area (Å²) in [6.45, 7) is 12.2. The van der Waals surface area contributed by atoms with Crippen LogP contribution < -0.4 is 57.8 Å². The van der Waals surface area contributed by atoms with E-state index in [-0.39, 0.29) is 48.0 Å². The van der Waals surface area contributed by atoms with E-state index >= 15 is 0 Å². The first-order valence-electron chi connectivity index (χ1n) is 5.24. The number of quaternary nitrogens is 2. The first-order valence-corrected chi connectivity index (χ1v) is 5.24. The molecule has 2 nitrogen and oxygen atoms in total. The largest absolute Gasteiger partial charge is 1.00 e. The molecular formula is C10H20I2N2. The smallest absolute Gasteiger partial charge is 0.204 e. The number of piperidine rings is 2. The van der Waals surface area contributed by atoms with E-state index in [1.54, 1.807) is 0 Å². The van der Waals surface area contributed by atoms with Crippen LogP contribution in [0, 0.1) is 10.8 Å². The molecule has 0 aromatic heterocycles. The van der Waals surface area contributed by atoms with Gasteiger partial charge in [-0.1, -0.05) is 0 Å². The molecule has 4 heteroatoms. The molecule has 4 bridgehead atoms. The van der Waals surface area contributed by atoms with Crippen molar-refractivity contribution >= 4 is 0 Å². The maximum Gasteiger partial charge on any atom is 0.204 e. The predicted octanol–water partition coefficient (Wildman–Crippen LogP) is -7.83. The molecule has 0 aromatic rings. The lowest BCUT2D eigenvalue weighted by Gasteiger charge is -2.57. The fraction of sp³-hybridized carbons (Fsp3) is 1.00. The highest BCUT2D eigenvalue weighted by Gasteiger charge is 2.58. The summed E-state index contributed by atoms with van der Waals surface area (Å²) in [4.78, 5) is 3.75. The van der Waals surface area contributed by atoms with Crippen LogP contribution in [0.25, 0.3) is 0 Å². The van der Waals surface area contributed by atoms with Gasteiger partial charge in [-0.25, -0.2) is 0 Å². The lowest BCUT2D eigenvalue weighted by atomic mass is 9.64. The summed E-state index contributed by atoms with van der Waals surface area (Å²) in [6.07, 6.45) is 1.49. The second-order valence-corrected chi connectivity index (χ2v) is 6.18. The Morgan fingerprint density at radius 1 is 0.786 bits per heavy atom. The summed E-state index contributed by atoms with van der Waals surface area (Å²) in [7, 11) is 0. The molecule has 4 fully saturated rings. The van der Waals surface area contributed by atoms with Crippen LogP contribution in [0.2, 0.25) is 0 Å². The zero-order chi connectivity index (χ0) is 8.40. The van der Waals surface area contributed by atoms with Crippen LogP contribution in [0.5, 0.6) is 0 Å². The van der Waals surface area contributed by atoms with Crippen LogP contribution in [-0.4, -0.2) is 32.8 Å². The third-order valence-corrected chi connectivity index (χ3v) is 4.06. The van der Waals surface area contributed by atoms with E-state index in [9.17, 15) is 0 Å². The highest BCUT2D eigenvalue weighted by atomic mass is 127. The van der Waals surface area contributed by atoms with Crippen LogP contribution in [0.1, 0.15) is 20.3 Å². The minimum atomic E-state index is 0. The molecular weight excluding hydrogens is 402 g/mol. The summed E-state index contributed by atoms with van der Waals surface area (Å²) in [5, 5.41) is 0. The Hall–Kier alpha value is 1.38. The summed E-state index contributed by atoms with van der Waals surface area (Å²) < 4.78 is 0. The Labute approximate surface area is 121 Å². The van der Waals surface area contributed by atoms with E-state index < -0.39 is 0 Å². The average molecular weight is 422 g/mol. The first-order chi connectivity index (χ1) is 5.57. The average Bonchev–Trinajstić information content (AvgIpc) is 1.75. The molecule has 14 heavy (non-hydrogen) atoms. The molecule has 0 atom stereocenters. The zero-order valence-corrected chi connectivity index (χ0v) is 13.3. The van der Waals surface area contributed by atoms with Gasteiger partial charge < -0.3 is 48.0 Å². The maximum absolute atomic E-state index is 2.50. The molecule has 4 aliphatic heterocycles. The van der Waals surface area contributed by atoms with Crippen LogP contribution in [0.15, 0.2) is 0 Å². The fourth-order valence-corrected chi connectivity index (χ4v) is 4.55. The second kappa shape index (κ2) is 4.00. The lowest BCUT2D eigenvalue weighted by Crippen LogP contribution is -3.40. The van der Waals surface area contributed by atoms with E-state index in [2.05, 4.69) is 13.8 Å². The van der Waals surface area contributed by atoms with Crippen molar-refractivity contribution in [2.24, 2.45) is 10.8 Å². The van der Waals surface area contributed by atoms with Crippen molar-refractivity contribution in [3.63, 3.8) is 0 Å². The summed E-state index contributed by atoms with van der Waals surface area (Å²) >= 11 is 0. The molecule has 4 saturated heterocycles. The van der Waals surface area contributed by atoms with E-state index in [0.717, 1.165) is 0 Å². The SMILES string of the molecule is CC12C[NH+]3C[NH+](C1)CC(C)(C3)C2.[I-].[I-]. The van der Waals surface area contributed by atoms with Gasteiger partial charge in [0.25, 0.3) is 0 Å². The number of halogens is 2. The molecule has 4 heterocycles. The monoisotopic (exact) mass is 422 g/mol. The Kier molecular flexibility index (Phi) is 3.84. The minimum Gasteiger partial charge on any atom is -1.00 e. The number of rotatable bonds is 0. The van der Waals surface area contributed by atoms with Crippen LogP contribution in [0.3, 0.4) is 0 Å². The van der Waals surface area contributed by atoms with Gasteiger partial charge in [0.05, 0.1) is 37.0 Å². The summed E-state index contributed by atoms with van der Waals surface area (Å²) in [5.74, 6) is 0. The predicted molar refractivity (Wildman–Crippen MR) is 47.1 cm³/mol. The summed E-state index contributed by atoms with van der Waals surface area (Å²) in [5.41, 5.74) is 1.38. The normalized spacial score (nSPS) is 53.6. The third-order valence-electron chi connectivity index (χ3n) is 4.06. The molecule has 0 radical (unpaired) electrons. The Balaban J connectivity index is 0.000000490. The van der Waals surface area contributed by atoms with Gasteiger partial charge in [-0.2, -0.15) is 0 Å². The second-order valence-electron chi connectivity index (χ2n) is 6.18. The molecule has 0 aliphatic carbocycles. The Morgan fingerprint density at radius 2 is 1.14 bits per heavy atom. The molecule has 0 aromatic carbocycles. The van der Waals surface area contributed by atoms with E-state index in [1.807, 2.05) is 9.80 Å². The number of hydrogen-bond donors (Lipinski definition) is 2. The summed E-state index contributed by atoms with van der Waals surface area (Å²) in [6, 6.07) is 0. The van der Waals surface area contributed by atoms with Crippen molar-refractivity contribution in [3.05, 3.63) is 0 Å². The molecule has 4 rings (SSSR count). The van der Waals surface area contributed by atoms with Gasteiger partial charge in [0.2, 0.25) is 6.67 Å². The van der Waals surface area contributed by atoms with Gasteiger partial charge in [-0.15, -0.1) is 0 Å². The molecule has 0 amide bonds. The highest BCUT2D eigenvalue weighted by molar-refractivity contribution is 4.91. The number of nitrogens with one attached hydrogen (secondary N) is 2. The van der Waals surface area contributed by atoms with Gasteiger partial charge in [-0.3, -0.25) is 9.80 Å². The molecule has 0 unspecified atom stereocenters. The van der Waals surface area contributed by atoms with E-state index in [1.165, 1.54) is 39.3 Å². The Bertz CT molecular complexity index is 198. The Morgan fingerprint density at radius 3 is 1.43 bits per heavy atom. The van der Waals surface area contributed by atoms with Crippen molar-refractivity contribution in [1.29, 1.82) is 0 Å². The fourth-order valence-electron chi connectivity index (χ4n) is 4.55. The lowest BCUT2D eigenvalue weighted by molar-refractivity contribution is -1.14. The van der Waals surface area contributed by atoms with Crippen LogP contribution in [-0.2, 0) is 0 Å². The first kappa shape index (κ1) is 13.4. The van der Waals surface area contributed by atoms with Crippen LogP contribution in [0.4, 0.5) is 0 Å². The maximum atomic E-state index is 2.50. The standard InChI is InChI=1S/C10H18N2.2HI/c1-9-3-10(2)6-11(4-9)8-12(5-9)7-10;;/h3-8H2,1-2H3;2*1H. The molecule has 4 aliphatic rings. The molecule has 2 N–H and O–H groups in total. The van der Waals surface area contributed by atoms with Crippen molar-refractivity contribution in [1.82, 2.24) is 0 Å². The van der Waals surface area contributed by atoms with Gasteiger partial charge in [0, 0.05) is 0 Å². The quantitative estimate of drug-likeness (QED) is 0.360. The van der Waals surface area contributed by atoms with E-state index in [0.29, 0.717) is 10.8 Å². The molecule has 0 spiro atoms. The molecule has 84 valence electrons. The van der Waals surface area contributed by atoms with Gasteiger partial charge in [-0.05, 0) is 20.3 Å². The van der Waals surface area contributed by atoms with Gasteiger partial charge in [0.15, 0.2) is 0 Å².